The molecule has 2 N–H and O–H groups in total. The van der Waals surface area contributed by atoms with E-state index in [-0.39, 0.29) is 0 Å². The van der Waals surface area contributed by atoms with Crippen molar-refractivity contribution in [2.45, 2.75) is 39.3 Å². The van der Waals surface area contributed by atoms with Gasteiger partial charge in [-0.2, -0.15) is 0 Å². The summed E-state index contributed by atoms with van der Waals surface area (Å²) in [7, 11) is 0. The van der Waals surface area contributed by atoms with Crippen molar-refractivity contribution in [3.8, 4) is 0 Å². The number of thiocarbonyl (C=S) groups is 1. The number of carbonyl (C=O) groups is 1. The molecule has 0 unspecified atom stereocenters. The highest BCUT2D eigenvalue weighted by molar-refractivity contribution is 7.80. The van der Waals surface area contributed by atoms with E-state index in [1.165, 1.54) is 0 Å². The Balaban J connectivity index is 2.46. The molecule has 1 atom stereocenters. The number of hydrogen-bond donors (Lipinski definition) is 2. The van der Waals surface area contributed by atoms with Crippen LogP contribution in [0.1, 0.15) is 39.3 Å². The average molecular weight is 339 g/mol. The number of rotatable bonds is 2. The van der Waals surface area contributed by atoms with Gasteiger partial charge in [-0.1, -0.05) is 29.8 Å². The Morgan fingerprint density at radius 3 is 2.55 bits per heavy atom. The molecule has 0 aromatic heterocycles. The summed E-state index contributed by atoms with van der Waals surface area (Å²) in [4.78, 5) is 12.6. The minimum absolute atomic E-state index is 0.391. The number of halogens is 1. The van der Waals surface area contributed by atoms with Crippen LogP contribution in [-0.4, -0.2) is 16.7 Å². The predicted octanol–water partition coefficient (Wildman–Crippen LogP) is 3.47. The van der Waals surface area contributed by atoms with Gasteiger partial charge in [0.1, 0.15) is 5.60 Å². The second-order valence-electron chi connectivity index (χ2n) is 6.09. The highest BCUT2D eigenvalue weighted by atomic mass is 35.5. The molecule has 1 aromatic carbocycles. The van der Waals surface area contributed by atoms with Gasteiger partial charge in [-0.25, -0.2) is 4.79 Å². The van der Waals surface area contributed by atoms with Gasteiger partial charge in [-0.05, 0) is 51.5 Å². The quantitative estimate of drug-likeness (QED) is 0.638. The Morgan fingerprint density at radius 2 is 1.95 bits per heavy atom. The molecular formula is C16H19ClN2O2S. The summed E-state index contributed by atoms with van der Waals surface area (Å²) in [5.41, 5.74) is 1.36. The van der Waals surface area contributed by atoms with Crippen molar-refractivity contribution in [3.05, 3.63) is 46.1 Å². The van der Waals surface area contributed by atoms with Gasteiger partial charge in [0, 0.05) is 10.7 Å². The first-order chi connectivity index (χ1) is 10.2. The van der Waals surface area contributed by atoms with E-state index in [2.05, 4.69) is 10.6 Å². The third-order valence-electron chi connectivity index (χ3n) is 3.10. The van der Waals surface area contributed by atoms with Crippen LogP contribution in [0.25, 0.3) is 0 Å². The van der Waals surface area contributed by atoms with E-state index in [0.717, 1.165) is 5.56 Å². The molecule has 0 aliphatic carbocycles. The molecule has 1 heterocycles. The fraction of sp³-hybridized carbons (Fsp3) is 0.375. The summed E-state index contributed by atoms with van der Waals surface area (Å²) < 4.78 is 5.51. The van der Waals surface area contributed by atoms with Crippen LogP contribution < -0.4 is 10.6 Å². The van der Waals surface area contributed by atoms with E-state index in [0.29, 0.717) is 21.4 Å². The van der Waals surface area contributed by atoms with Crippen LogP contribution >= 0.6 is 23.8 Å². The first kappa shape index (κ1) is 16.8. The SMILES string of the molecule is CC1=C(C(=O)OC(C)(C)C)[C@@H](c2ccccc2Cl)NC(=S)N1. The molecule has 1 aliphatic rings. The molecule has 118 valence electrons. The van der Waals surface area contributed by atoms with Gasteiger partial charge >= 0.3 is 5.97 Å². The molecule has 0 spiro atoms. The highest BCUT2D eigenvalue weighted by Crippen LogP contribution is 2.32. The van der Waals surface area contributed by atoms with Crippen molar-refractivity contribution in [3.63, 3.8) is 0 Å². The maximum Gasteiger partial charge on any atom is 0.338 e. The van der Waals surface area contributed by atoms with Crippen molar-refractivity contribution >= 4 is 34.9 Å². The summed E-state index contributed by atoms with van der Waals surface area (Å²) in [6, 6.07) is 6.93. The van der Waals surface area contributed by atoms with Crippen molar-refractivity contribution in [1.82, 2.24) is 10.6 Å². The van der Waals surface area contributed by atoms with Gasteiger partial charge in [0.15, 0.2) is 5.11 Å². The molecule has 0 radical (unpaired) electrons. The Labute approximate surface area is 140 Å². The summed E-state index contributed by atoms with van der Waals surface area (Å²) >= 11 is 11.5. The average Bonchev–Trinajstić information content (AvgIpc) is 2.35. The molecule has 1 aromatic rings. The van der Waals surface area contributed by atoms with Crippen LogP contribution in [0.3, 0.4) is 0 Å². The molecular weight excluding hydrogens is 320 g/mol. The molecule has 2 rings (SSSR count). The van der Waals surface area contributed by atoms with Crippen molar-refractivity contribution in [1.29, 1.82) is 0 Å². The first-order valence-corrected chi connectivity index (χ1v) is 7.74. The largest absolute Gasteiger partial charge is 0.456 e. The van der Waals surface area contributed by atoms with Crippen molar-refractivity contribution in [2.75, 3.05) is 0 Å². The van der Waals surface area contributed by atoms with Crippen LogP contribution in [0.15, 0.2) is 35.5 Å². The number of carbonyl (C=O) groups excluding carboxylic acids is 1. The lowest BCUT2D eigenvalue weighted by Crippen LogP contribution is -2.45. The summed E-state index contributed by atoms with van der Waals surface area (Å²) in [6.45, 7) is 7.30. The zero-order valence-electron chi connectivity index (χ0n) is 13.0. The zero-order chi connectivity index (χ0) is 16.5. The van der Waals surface area contributed by atoms with Crippen LogP contribution in [-0.2, 0) is 9.53 Å². The standard InChI is InChI=1S/C16H19ClN2O2S/c1-9-12(14(20)21-16(2,3)4)13(19-15(22)18-9)10-7-5-6-8-11(10)17/h5-8,13H,1-4H3,(H2,18,19,22)/t13-/m1/s1. The van der Waals surface area contributed by atoms with Crippen molar-refractivity contribution in [2.24, 2.45) is 0 Å². The summed E-state index contributed by atoms with van der Waals surface area (Å²) in [5, 5.41) is 7.09. The Kier molecular flexibility index (Phi) is 4.78. The maximum absolute atomic E-state index is 12.6. The zero-order valence-corrected chi connectivity index (χ0v) is 14.6. The smallest absolute Gasteiger partial charge is 0.338 e. The van der Waals surface area contributed by atoms with E-state index in [1.807, 2.05) is 39.0 Å². The van der Waals surface area contributed by atoms with Crippen molar-refractivity contribution < 1.29 is 9.53 Å². The number of nitrogens with one attached hydrogen (secondary N) is 2. The van der Waals surface area contributed by atoms with E-state index in [9.17, 15) is 4.79 Å². The molecule has 4 nitrogen and oxygen atoms in total. The normalized spacial score (nSPS) is 18.6. The van der Waals surface area contributed by atoms with Crippen LogP contribution in [0.5, 0.6) is 0 Å². The Morgan fingerprint density at radius 1 is 1.32 bits per heavy atom. The number of benzene rings is 1. The number of esters is 1. The second-order valence-corrected chi connectivity index (χ2v) is 6.91. The van der Waals surface area contributed by atoms with E-state index >= 15 is 0 Å². The molecule has 22 heavy (non-hydrogen) atoms. The maximum atomic E-state index is 12.6. The van der Waals surface area contributed by atoms with Crippen LogP contribution in [0.2, 0.25) is 5.02 Å². The van der Waals surface area contributed by atoms with Gasteiger partial charge in [-0.15, -0.1) is 0 Å². The molecule has 0 saturated carbocycles. The lowest BCUT2D eigenvalue weighted by Gasteiger charge is -2.32. The van der Waals surface area contributed by atoms with Gasteiger partial charge in [0.05, 0.1) is 11.6 Å². The minimum atomic E-state index is -0.576. The fourth-order valence-corrected chi connectivity index (χ4v) is 2.76. The number of hydrogen-bond acceptors (Lipinski definition) is 3. The lowest BCUT2D eigenvalue weighted by atomic mass is 9.95. The topological polar surface area (TPSA) is 50.4 Å². The van der Waals surface area contributed by atoms with Crippen LogP contribution in [0.4, 0.5) is 0 Å². The van der Waals surface area contributed by atoms with Gasteiger partial charge in [0.2, 0.25) is 0 Å². The monoisotopic (exact) mass is 338 g/mol. The first-order valence-electron chi connectivity index (χ1n) is 6.95. The van der Waals surface area contributed by atoms with Gasteiger partial charge in [-0.3, -0.25) is 0 Å². The van der Waals surface area contributed by atoms with E-state index < -0.39 is 17.6 Å². The molecule has 0 fully saturated rings. The minimum Gasteiger partial charge on any atom is -0.456 e. The summed E-state index contributed by atoms with van der Waals surface area (Å²) in [6.07, 6.45) is 0. The molecule has 0 saturated heterocycles. The number of allylic oxidation sites excluding steroid dienone is 1. The molecule has 6 heteroatoms. The van der Waals surface area contributed by atoms with Gasteiger partial charge < -0.3 is 15.4 Å². The highest BCUT2D eigenvalue weighted by Gasteiger charge is 2.33. The Hall–Kier alpha value is -1.59. The molecule has 1 aliphatic heterocycles. The summed E-state index contributed by atoms with van der Waals surface area (Å²) in [5.74, 6) is -0.391. The number of ether oxygens (including phenoxy) is 1. The lowest BCUT2D eigenvalue weighted by molar-refractivity contribution is -0.150. The van der Waals surface area contributed by atoms with E-state index in [1.54, 1.807) is 13.0 Å². The third-order valence-corrected chi connectivity index (χ3v) is 3.67. The van der Waals surface area contributed by atoms with E-state index in [4.69, 9.17) is 28.6 Å². The Bertz CT molecular complexity index is 650. The van der Waals surface area contributed by atoms with Crippen LogP contribution in [0, 0.1) is 0 Å². The second kappa shape index (κ2) is 6.26. The fourth-order valence-electron chi connectivity index (χ4n) is 2.24. The van der Waals surface area contributed by atoms with Gasteiger partial charge in [0.25, 0.3) is 0 Å². The third kappa shape index (κ3) is 3.78. The molecule has 0 bridgehead atoms. The molecule has 0 amide bonds. The predicted molar refractivity (Wildman–Crippen MR) is 91.6 cm³/mol.